The molecule has 0 spiro atoms. The van der Waals surface area contributed by atoms with Gasteiger partial charge in [0.05, 0.1) is 21.9 Å². The highest BCUT2D eigenvalue weighted by Crippen LogP contribution is 2.30. The average Bonchev–Trinajstić information content (AvgIpc) is 2.49. The lowest BCUT2D eigenvalue weighted by molar-refractivity contribution is 1.14. The maximum atomic E-state index is 6.49. The van der Waals surface area contributed by atoms with Gasteiger partial charge in [-0.25, -0.2) is 4.98 Å². The fraction of sp³-hybridized carbons (Fsp3) is 0.176. The molecule has 3 rings (SSSR count). The first-order valence-electron chi connectivity index (χ1n) is 6.71. The third kappa shape index (κ3) is 2.16. The molecule has 0 amide bonds. The fourth-order valence-corrected chi connectivity index (χ4v) is 2.73. The zero-order valence-electron chi connectivity index (χ0n) is 11.5. The first kappa shape index (κ1) is 13.1. The number of aromatic nitrogens is 2. The van der Waals surface area contributed by atoms with Gasteiger partial charge in [-0.2, -0.15) is 0 Å². The topological polar surface area (TPSA) is 25.8 Å². The monoisotopic (exact) mass is 282 g/mol. The number of nitrogens with zero attached hydrogens (tertiary/aromatic N) is 2. The Kier molecular flexibility index (Phi) is 3.41. The minimum Gasteiger partial charge on any atom is -0.255 e. The predicted octanol–water partition coefficient (Wildman–Crippen LogP) is 4.82. The zero-order chi connectivity index (χ0) is 14.1. The van der Waals surface area contributed by atoms with Crippen molar-refractivity contribution < 1.29 is 0 Å². The van der Waals surface area contributed by atoms with Gasteiger partial charge in [0.15, 0.2) is 0 Å². The molecule has 0 saturated carbocycles. The van der Waals surface area contributed by atoms with Gasteiger partial charge in [0.2, 0.25) is 0 Å². The molecule has 0 aliphatic heterocycles. The smallest absolute Gasteiger partial charge is 0.0901 e. The lowest BCUT2D eigenvalue weighted by Gasteiger charge is -2.10. The van der Waals surface area contributed by atoms with E-state index >= 15 is 0 Å². The van der Waals surface area contributed by atoms with E-state index in [2.05, 4.69) is 37.0 Å². The van der Waals surface area contributed by atoms with E-state index in [1.807, 2.05) is 18.2 Å². The number of halogens is 1. The number of fused-ring (bicyclic) bond motifs is 1. The molecule has 0 atom stereocenters. The number of benzene rings is 1. The summed E-state index contributed by atoms with van der Waals surface area (Å²) in [4.78, 5) is 9.08. The third-order valence-electron chi connectivity index (χ3n) is 3.51. The van der Waals surface area contributed by atoms with Crippen molar-refractivity contribution in [3.63, 3.8) is 0 Å². The average molecular weight is 283 g/mol. The van der Waals surface area contributed by atoms with Crippen molar-refractivity contribution in [3.8, 4) is 11.4 Å². The lowest BCUT2D eigenvalue weighted by atomic mass is 10.0. The minimum absolute atomic E-state index is 0.755. The number of rotatable bonds is 2. The molecule has 0 radical (unpaired) electrons. The van der Waals surface area contributed by atoms with Crippen molar-refractivity contribution in [2.75, 3.05) is 0 Å². The molecular formula is C17H15ClN2. The number of pyridine rings is 2. The summed E-state index contributed by atoms with van der Waals surface area (Å²) in [7, 11) is 0. The van der Waals surface area contributed by atoms with Crippen LogP contribution >= 0.6 is 11.6 Å². The molecule has 1 aromatic carbocycles. The Morgan fingerprint density at radius 1 is 1.10 bits per heavy atom. The van der Waals surface area contributed by atoms with Crippen LogP contribution in [-0.2, 0) is 6.42 Å². The van der Waals surface area contributed by atoms with E-state index in [9.17, 15) is 0 Å². The summed E-state index contributed by atoms with van der Waals surface area (Å²) in [5.74, 6) is 0. The van der Waals surface area contributed by atoms with Crippen LogP contribution in [-0.4, -0.2) is 9.97 Å². The molecule has 2 nitrogen and oxygen atoms in total. The maximum absolute atomic E-state index is 6.49. The largest absolute Gasteiger partial charge is 0.255 e. The highest BCUT2D eigenvalue weighted by Gasteiger charge is 2.10. The number of hydrogen-bond donors (Lipinski definition) is 0. The molecule has 2 aromatic heterocycles. The van der Waals surface area contributed by atoms with E-state index in [0.29, 0.717) is 0 Å². The standard InChI is InChI=1S/C17H15ClN2/c1-3-12-7-8-13-11(2)10-15(20-17(13)16(12)18)14-6-4-5-9-19-14/h4-10H,3H2,1-2H3. The van der Waals surface area contributed by atoms with Crippen LogP contribution in [0, 0.1) is 6.92 Å². The Balaban J connectivity index is 2.30. The van der Waals surface area contributed by atoms with E-state index in [0.717, 1.165) is 39.3 Å². The van der Waals surface area contributed by atoms with Gasteiger partial charge in [-0.1, -0.05) is 36.7 Å². The molecule has 0 saturated heterocycles. The third-order valence-corrected chi connectivity index (χ3v) is 3.94. The highest BCUT2D eigenvalue weighted by atomic mass is 35.5. The van der Waals surface area contributed by atoms with Gasteiger partial charge in [0.25, 0.3) is 0 Å². The molecule has 0 aliphatic rings. The van der Waals surface area contributed by atoms with Gasteiger partial charge in [-0.15, -0.1) is 0 Å². The van der Waals surface area contributed by atoms with Crippen molar-refractivity contribution >= 4 is 22.5 Å². The second-order valence-electron chi connectivity index (χ2n) is 4.83. The maximum Gasteiger partial charge on any atom is 0.0901 e. The predicted molar refractivity (Wildman–Crippen MR) is 84.1 cm³/mol. The molecule has 2 heterocycles. The fourth-order valence-electron chi connectivity index (χ4n) is 2.39. The van der Waals surface area contributed by atoms with Crippen LogP contribution in [0.1, 0.15) is 18.1 Å². The Labute approximate surface area is 123 Å². The summed E-state index contributed by atoms with van der Waals surface area (Å²) in [6, 6.07) is 12.1. The van der Waals surface area contributed by atoms with E-state index in [4.69, 9.17) is 16.6 Å². The summed E-state index contributed by atoms with van der Waals surface area (Å²) < 4.78 is 0. The van der Waals surface area contributed by atoms with Crippen molar-refractivity contribution in [1.82, 2.24) is 9.97 Å². The van der Waals surface area contributed by atoms with Crippen molar-refractivity contribution in [2.24, 2.45) is 0 Å². The number of hydrogen-bond acceptors (Lipinski definition) is 2. The Hall–Kier alpha value is -1.93. The van der Waals surface area contributed by atoms with Crippen molar-refractivity contribution in [2.45, 2.75) is 20.3 Å². The number of aryl methyl sites for hydroxylation is 2. The SMILES string of the molecule is CCc1ccc2c(C)cc(-c3ccccn3)nc2c1Cl. The van der Waals surface area contributed by atoms with Crippen LogP contribution in [0.4, 0.5) is 0 Å². The normalized spacial score (nSPS) is 10.9. The van der Waals surface area contributed by atoms with E-state index in [-0.39, 0.29) is 0 Å². The summed E-state index contributed by atoms with van der Waals surface area (Å²) >= 11 is 6.49. The molecule has 0 N–H and O–H groups in total. The Morgan fingerprint density at radius 3 is 2.65 bits per heavy atom. The quantitative estimate of drug-likeness (QED) is 0.673. The molecule has 0 bridgehead atoms. The molecular weight excluding hydrogens is 268 g/mol. The van der Waals surface area contributed by atoms with Gasteiger partial charge in [-0.3, -0.25) is 4.98 Å². The van der Waals surface area contributed by atoms with E-state index < -0.39 is 0 Å². The summed E-state index contributed by atoms with van der Waals surface area (Å²) in [6.45, 7) is 4.18. The van der Waals surface area contributed by atoms with Gasteiger partial charge in [0, 0.05) is 11.6 Å². The first-order chi connectivity index (χ1) is 9.70. The molecule has 100 valence electrons. The van der Waals surface area contributed by atoms with Crippen LogP contribution in [0.2, 0.25) is 5.02 Å². The zero-order valence-corrected chi connectivity index (χ0v) is 12.3. The molecule has 0 fully saturated rings. The van der Waals surface area contributed by atoms with Gasteiger partial charge in [-0.05, 0) is 42.7 Å². The van der Waals surface area contributed by atoms with Crippen LogP contribution in [0.25, 0.3) is 22.3 Å². The molecule has 0 unspecified atom stereocenters. The van der Waals surface area contributed by atoms with Crippen LogP contribution in [0.3, 0.4) is 0 Å². The first-order valence-corrected chi connectivity index (χ1v) is 7.08. The van der Waals surface area contributed by atoms with E-state index in [1.54, 1.807) is 6.20 Å². The van der Waals surface area contributed by atoms with Crippen molar-refractivity contribution in [1.29, 1.82) is 0 Å². The molecule has 20 heavy (non-hydrogen) atoms. The van der Waals surface area contributed by atoms with Gasteiger partial charge in [0.1, 0.15) is 0 Å². The highest BCUT2D eigenvalue weighted by molar-refractivity contribution is 6.36. The Bertz CT molecular complexity index is 767. The molecule has 3 aromatic rings. The van der Waals surface area contributed by atoms with Crippen LogP contribution < -0.4 is 0 Å². The van der Waals surface area contributed by atoms with Crippen LogP contribution in [0.15, 0.2) is 42.6 Å². The van der Waals surface area contributed by atoms with Gasteiger partial charge >= 0.3 is 0 Å². The van der Waals surface area contributed by atoms with Gasteiger partial charge < -0.3 is 0 Å². The van der Waals surface area contributed by atoms with Crippen LogP contribution in [0.5, 0.6) is 0 Å². The summed E-state index contributed by atoms with van der Waals surface area (Å²) in [5, 5.41) is 1.86. The van der Waals surface area contributed by atoms with Crippen molar-refractivity contribution in [3.05, 3.63) is 58.7 Å². The minimum atomic E-state index is 0.755. The molecule has 3 heteroatoms. The lowest BCUT2D eigenvalue weighted by Crippen LogP contribution is -1.93. The van der Waals surface area contributed by atoms with E-state index in [1.165, 1.54) is 5.56 Å². The Morgan fingerprint density at radius 2 is 1.95 bits per heavy atom. The summed E-state index contributed by atoms with van der Waals surface area (Å²) in [6.07, 6.45) is 2.68. The second-order valence-corrected chi connectivity index (χ2v) is 5.21. The second kappa shape index (κ2) is 5.22. The molecule has 0 aliphatic carbocycles. The summed E-state index contributed by atoms with van der Waals surface area (Å²) in [5.41, 5.74) is 4.90.